The van der Waals surface area contributed by atoms with Gasteiger partial charge in [-0.1, -0.05) is 61.7 Å². The molecule has 5 rings (SSSR count). The molecule has 2 aromatic carbocycles. The van der Waals surface area contributed by atoms with Crippen LogP contribution in [0.4, 0.5) is 11.8 Å². The SMILES string of the molecule is c1ccc(CCNc2nc(N3CCN(C4CCCCC4)CC3)nc3ccccc23)cc1. The van der Waals surface area contributed by atoms with Gasteiger partial charge in [-0.05, 0) is 37.0 Å². The normalized spacial score (nSPS) is 18.4. The second-order valence-corrected chi connectivity index (χ2v) is 8.87. The Balaban J connectivity index is 1.29. The molecule has 1 aliphatic carbocycles. The van der Waals surface area contributed by atoms with E-state index in [4.69, 9.17) is 9.97 Å². The van der Waals surface area contributed by atoms with E-state index < -0.39 is 0 Å². The number of piperazine rings is 1. The minimum absolute atomic E-state index is 0.795. The summed E-state index contributed by atoms with van der Waals surface area (Å²) in [6, 6.07) is 19.8. The van der Waals surface area contributed by atoms with Crippen LogP contribution in [0.15, 0.2) is 54.6 Å². The van der Waals surface area contributed by atoms with Crippen molar-refractivity contribution in [3.63, 3.8) is 0 Å². The van der Waals surface area contributed by atoms with E-state index in [9.17, 15) is 0 Å². The molecule has 2 fully saturated rings. The molecule has 5 nitrogen and oxygen atoms in total. The Hall–Kier alpha value is -2.66. The molecule has 1 N–H and O–H groups in total. The zero-order valence-electron chi connectivity index (χ0n) is 18.3. The number of fused-ring (bicyclic) bond motifs is 1. The number of benzene rings is 2. The summed E-state index contributed by atoms with van der Waals surface area (Å²) in [5.41, 5.74) is 2.36. The lowest BCUT2D eigenvalue weighted by Crippen LogP contribution is -2.51. The summed E-state index contributed by atoms with van der Waals surface area (Å²) >= 11 is 0. The molecule has 1 saturated carbocycles. The number of hydrogen-bond donors (Lipinski definition) is 1. The highest BCUT2D eigenvalue weighted by Crippen LogP contribution is 2.26. The van der Waals surface area contributed by atoms with E-state index in [2.05, 4.69) is 69.7 Å². The number of aromatic nitrogens is 2. The van der Waals surface area contributed by atoms with Gasteiger partial charge >= 0.3 is 0 Å². The molecule has 162 valence electrons. The molecule has 0 bridgehead atoms. The first-order valence-electron chi connectivity index (χ1n) is 11.9. The van der Waals surface area contributed by atoms with E-state index in [1.807, 2.05) is 0 Å². The third-order valence-corrected chi connectivity index (χ3v) is 6.83. The summed E-state index contributed by atoms with van der Waals surface area (Å²) in [7, 11) is 0. The molecular weight excluding hydrogens is 382 g/mol. The molecule has 5 heteroatoms. The van der Waals surface area contributed by atoms with Crippen LogP contribution in [0, 0.1) is 0 Å². The van der Waals surface area contributed by atoms with Gasteiger partial charge in [0.15, 0.2) is 0 Å². The molecule has 1 aliphatic heterocycles. The molecule has 0 unspecified atom stereocenters. The van der Waals surface area contributed by atoms with Gasteiger partial charge in [0, 0.05) is 44.2 Å². The smallest absolute Gasteiger partial charge is 0.227 e. The van der Waals surface area contributed by atoms with Crippen LogP contribution >= 0.6 is 0 Å². The summed E-state index contributed by atoms with van der Waals surface area (Å²) in [6.07, 6.45) is 7.95. The highest BCUT2D eigenvalue weighted by Gasteiger charge is 2.26. The van der Waals surface area contributed by atoms with E-state index in [0.29, 0.717) is 0 Å². The second kappa shape index (κ2) is 9.65. The summed E-state index contributed by atoms with van der Waals surface area (Å²) in [6.45, 7) is 5.13. The van der Waals surface area contributed by atoms with Gasteiger partial charge in [-0.25, -0.2) is 4.98 Å². The van der Waals surface area contributed by atoms with Gasteiger partial charge < -0.3 is 10.2 Å². The Morgan fingerprint density at radius 2 is 1.55 bits per heavy atom. The topological polar surface area (TPSA) is 44.3 Å². The Labute approximate surface area is 185 Å². The second-order valence-electron chi connectivity index (χ2n) is 8.87. The van der Waals surface area contributed by atoms with Gasteiger partial charge in [-0.15, -0.1) is 0 Å². The molecule has 2 heterocycles. The van der Waals surface area contributed by atoms with Crippen LogP contribution < -0.4 is 10.2 Å². The first-order valence-corrected chi connectivity index (χ1v) is 11.9. The molecule has 0 radical (unpaired) electrons. The van der Waals surface area contributed by atoms with E-state index in [1.165, 1.54) is 37.7 Å². The van der Waals surface area contributed by atoms with Crippen molar-refractivity contribution in [1.29, 1.82) is 0 Å². The first-order chi connectivity index (χ1) is 15.4. The lowest BCUT2D eigenvalue weighted by molar-refractivity contribution is 0.147. The average Bonchev–Trinajstić information content (AvgIpc) is 2.85. The standard InChI is InChI=1S/C26H33N5/c1-3-9-21(10-4-1)15-16-27-25-23-13-7-8-14-24(23)28-26(29-25)31-19-17-30(18-20-31)22-11-5-2-6-12-22/h1,3-4,7-10,13-14,22H,2,5-6,11-12,15-20H2,(H,27,28,29). The summed E-state index contributed by atoms with van der Waals surface area (Å²) < 4.78 is 0. The van der Waals surface area contributed by atoms with Crippen molar-refractivity contribution in [2.45, 2.75) is 44.6 Å². The molecule has 0 amide bonds. The summed E-state index contributed by atoms with van der Waals surface area (Å²) in [4.78, 5) is 15.0. The molecular formula is C26H33N5. The van der Waals surface area contributed by atoms with Crippen molar-refractivity contribution in [1.82, 2.24) is 14.9 Å². The maximum atomic E-state index is 4.98. The van der Waals surface area contributed by atoms with Crippen LogP contribution in [-0.4, -0.2) is 53.6 Å². The Morgan fingerprint density at radius 1 is 0.806 bits per heavy atom. The van der Waals surface area contributed by atoms with Crippen LogP contribution in [0.3, 0.4) is 0 Å². The van der Waals surface area contributed by atoms with Crippen LogP contribution in [0.5, 0.6) is 0 Å². The van der Waals surface area contributed by atoms with Crippen LogP contribution in [-0.2, 0) is 6.42 Å². The molecule has 1 aromatic heterocycles. The van der Waals surface area contributed by atoms with Crippen LogP contribution in [0.1, 0.15) is 37.7 Å². The highest BCUT2D eigenvalue weighted by molar-refractivity contribution is 5.90. The zero-order valence-corrected chi connectivity index (χ0v) is 18.3. The van der Waals surface area contributed by atoms with Gasteiger partial charge in [0.25, 0.3) is 0 Å². The Morgan fingerprint density at radius 3 is 2.35 bits per heavy atom. The van der Waals surface area contributed by atoms with Crippen molar-refractivity contribution in [3.8, 4) is 0 Å². The number of hydrogen-bond acceptors (Lipinski definition) is 5. The van der Waals surface area contributed by atoms with E-state index in [-0.39, 0.29) is 0 Å². The van der Waals surface area contributed by atoms with Gasteiger partial charge in [0.1, 0.15) is 5.82 Å². The maximum Gasteiger partial charge on any atom is 0.227 e. The Kier molecular flexibility index (Phi) is 6.30. The molecule has 0 spiro atoms. The lowest BCUT2D eigenvalue weighted by Gasteiger charge is -2.40. The number of nitrogens with one attached hydrogen (secondary N) is 1. The van der Waals surface area contributed by atoms with Gasteiger partial charge in [-0.3, -0.25) is 4.90 Å². The van der Waals surface area contributed by atoms with Gasteiger partial charge in [0.2, 0.25) is 5.95 Å². The number of anilines is 2. The summed E-state index contributed by atoms with van der Waals surface area (Å²) in [5.74, 6) is 1.82. The van der Waals surface area contributed by atoms with Crippen LogP contribution in [0.2, 0.25) is 0 Å². The van der Waals surface area contributed by atoms with Crippen molar-refractivity contribution < 1.29 is 0 Å². The minimum atomic E-state index is 0.795. The quantitative estimate of drug-likeness (QED) is 0.630. The first kappa shape index (κ1) is 20.3. The molecule has 31 heavy (non-hydrogen) atoms. The molecule has 1 saturated heterocycles. The summed E-state index contributed by atoms with van der Waals surface area (Å²) in [5, 5.41) is 4.69. The van der Waals surface area contributed by atoms with Gasteiger partial charge in [-0.2, -0.15) is 4.98 Å². The number of rotatable bonds is 6. The van der Waals surface area contributed by atoms with Gasteiger partial charge in [0.05, 0.1) is 5.52 Å². The molecule has 0 atom stereocenters. The zero-order chi connectivity index (χ0) is 20.9. The third kappa shape index (κ3) is 4.82. The van der Waals surface area contributed by atoms with E-state index in [1.54, 1.807) is 0 Å². The average molecular weight is 416 g/mol. The number of nitrogens with zero attached hydrogens (tertiary/aromatic N) is 4. The largest absolute Gasteiger partial charge is 0.369 e. The van der Waals surface area contributed by atoms with Crippen molar-refractivity contribution in [2.24, 2.45) is 0 Å². The predicted octanol–water partition coefficient (Wildman–Crippen LogP) is 4.74. The van der Waals surface area contributed by atoms with Crippen molar-refractivity contribution in [3.05, 3.63) is 60.2 Å². The van der Waals surface area contributed by atoms with E-state index >= 15 is 0 Å². The fourth-order valence-corrected chi connectivity index (χ4v) is 5.04. The monoisotopic (exact) mass is 415 g/mol. The fraction of sp³-hybridized carbons (Fsp3) is 0.462. The van der Waals surface area contributed by atoms with Crippen molar-refractivity contribution >= 4 is 22.7 Å². The fourth-order valence-electron chi connectivity index (χ4n) is 5.04. The molecule has 3 aromatic rings. The predicted molar refractivity (Wildman–Crippen MR) is 129 cm³/mol. The van der Waals surface area contributed by atoms with Crippen molar-refractivity contribution in [2.75, 3.05) is 42.9 Å². The highest BCUT2D eigenvalue weighted by atomic mass is 15.3. The minimum Gasteiger partial charge on any atom is -0.369 e. The third-order valence-electron chi connectivity index (χ3n) is 6.83. The van der Waals surface area contributed by atoms with E-state index in [0.717, 1.165) is 67.9 Å². The maximum absolute atomic E-state index is 4.98. The Bertz CT molecular complexity index is 976. The molecule has 2 aliphatic rings. The number of para-hydroxylation sites is 1. The lowest BCUT2D eigenvalue weighted by atomic mass is 9.94. The van der Waals surface area contributed by atoms with Crippen LogP contribution in [0.25, 0.3) is 10.9 Å².